The highest BCUT2D eigenvalue weighted by Gasteiger charge is 2.56. The molecule has 1 aliphatic rings. The molecule has 2 N–H and O–H groups in total. The molecule has 3 nitrogen and oxygen atoms in total. The molecular formula is C12H15F3N2OS. The van der Waals surface area contributed by atoms with Crippen LogP contribution in [-0.4, -0.2) is 29.1 Å². The van der Waals surface area contributed by atoms with Gasteiger partial charge in [-0.2, -0.15) is 13.2 Å². The van der Waals surface area contributed by atoms with Crippen molar-refractivity contribution in [2.75, 3.05) is 6.54 Å². The average molecular weight is 292 g/mol. The predicted octanol–water partition coefficient (Wildman–Crippen LogP) is 2.47. The van der Waals surface area contributed by atoms with Crippen molar-refractivity contribution in [1.29, 1.82) is 0 Å². The number of alkyl halides is 3. The van der Waals surface area contributed by atoms with Crippen molar-refractivity contribution in [3.8, 4) is 0 Å². The molecule has 0 aliphatic carbocycles. The van der Waals surface area contributed by atoms with E-state index in [1.807, 2.05) is 11.4 Å². The van der Waals surface area contributed by atoms with Crippen LogP contribution in [-0.2, 0) is 11.2 Å². The molecule has 2 atom stereocenters. The van der Waals surface area contributed by atoms with Gasteiger partial charge in [0.1, 0.15) is 0 Å². The van der Waals surface area contributed by atoms with Gasteiger partial charge >= 0.3 is 6.18 Å². The summed E-state index contributed by atoms with van der Waals surface area (Å²) in [4.78, 5) is 14.4. The van der Waals surface area contributed by atoms with Crippen LogP contribution in [0, 0.1) is 0 Å². The topological polar surface area (TPSA) is 46.3 Å². The summed E-state index contributed by atoms with van der Waals surface area (Å²) in [5.41, 5.74) is 3.29. The van der Waals surface area contributed by atoms with Crippen molar-refractivity contribution >= 4 is 17.2 Å². The molecule has 1 amide bonds. The van der Waals surface area contributed by atoms with E-state index in [0.29, 0.717) is 6.42 Å². The molecule has 0 aromatic carbocycles. The van der Waals surface area contributed by atoms with Crippen LogP contribution in [0.1, 0.15) is 30.3 Å². The Morgan fingerprint density at radius 3 is 2.74 bits per heavy atom. The number of thiophene rings is 1. The third-order valence-corrected chi connectivity index (χ3v) is 4.57. The molecule has 7 heteroatoms. The zero-order chi connectivity index (χ0) is 14.4. The highest BCUT2D eigenvalue weighted by atomic mass is 32.1. The summed E-state index contributed by atoms with van der Waals surface area (Å²) in [6.07, 6.45) is -4.17. The molecule has 2 unspecified atom stereocenters. The van der Waals surface area contributed by atoms with E-state index in [1.54, 1.807) is 18.3 Å². The van der Waals surface area contributed by atoms with E-state index in [2.05, 4.69) is 0 Å². The Morgan fingerprint density at radius 2 is 2.16 bits per heavy atom. The van der Waals surface area contributed by atoms with Crippen molar-refractivity contribution in [3.05, 3.63) is 21.9 Å². The molecule has 19 heavy (non-hydrogen) atoms. The van der Waals surface area contributed by atoms with Crippen LogP contribution in [0.4, 0.5) is 13.2 Å². The lowest BCUT2D eigenvalue weighted by molar-refractivity contribution is -0.195. The summed E-state index contributed by atoms with van der Waals surface area (Å²) in [5.74, 6) is -1.07. The fourth-order valence-corrected chi connectivity index (χ4v) is 3.17. The number of nitrogens with zero attached hydrogens (tertiary/aromatic N) is 1. The van der Waals surface area contributed by atoms with Gasteiger partial charge in [0.2, 0.25) is 0 Å². The third kappa shape index (κ3) is 2.25. The van der Waals surface area contributed by atoms with Gasteiger partial charge in [-0.25, -0.2) is 0 Å². The fourth-order valence-electron chi connectivity index (χ4n) is 2.21. The quantitative estimate of drug-likeness (QED) is 0.864. The van der Waals surface area contributed by atoms with Gasteiger partial charge < -0.3 is 10.6 Å². The van der Waals surface area contributed by atoms with Gasteiger partial charge in [-0.3, -0.25) is 4.79 Å². The average Bonchev–Trinajstić information content (AvgIpc) is 2.76. The van der Waals surface area contributed by atoms with Crippen LogP contribution < -0.4 is 5.73 Å². The number of rotatable bonds is 1. The monoisotopic (exact) mass is 292 g/mol. The number of halogens is 3. The van der Waals surface area contributed by atoms with Crippen LogP contribution in [0.15, 0.2) is 11.4 Å². The second-order valence-corrected chi connectivity index (χ2v) is 5.92. The van der Waals surface area contributed by atoms with E-state index < -0.39 is 17.6 Å². The molecule has 1 aromatic heterocycles. The largest absolute Gasteiger partial charge is 0.415 e. The highest BCUT2D eigenvalue weighted by Crippen LogP contribution is 2.36. The number of carbonyl (C=O) groups excluding carboxylic acids is 1. The van der Waals surface area contributed by atoms with E-state index in [0.717, 1.165) is 17.4 Å². The number of carbonyl (C=O) groups is 1. The van der Waals surface area contributed by atoms with Crippen molar-refractivity contribution in [1.82, 2.24) is 4.90 Å². The van der Waals surface area contributed by atoms with E-state index in [4.69, 9.17) is 5.73 Å². The third-order valence-electron chi connectivity index (χ3n) is 3.57. The molecule has 0 saturated heterocycles. The minimum absolute atomic E-state index is 0.274. The van der Waals surface area contributed by atoms with Gasteiger partial charge in [-0.15, -0.1) is 11.3 Å². The smallest absolute Gasteiger partial charge is 0.334 e. The first-order valence-electron chi connectivity index (χ1n) is 5.89. The van der Waals surface area contributed by atoms with E-state index in [-0.39, 0.29) is 12.6 Å². The Bertz CT molecular complexity index is 495. The van der Waals surface area contributed by atoms with E-state index >= 15 is 0 Å². The van der Waals surface area contributed by atoms with Crippen LogP contribution in [0.5, 0.6) is 0 Å². The van der Waals surface area contributed by atoms with Crippen molar-refractivity contribution in [2.45, 2.75) is 38.0 Å². The zero-order valence-electron chi connectivity index (χ0n) is 10.6. The molecule has 0 saturated carbocycles. The second kappa shape index (κ2) is 4.49. The number of nitrogens with two attached hydrogens (primary N) is 1. The molecular weight excluding hydrogens is 277 g/mol. The maximum atomic E-state index is 12.8. The van der Waals surface area contributed by atoms with E-state index in [9.17, 15) is 18.0 Å². The Balaban J connectivity index is 2.27. The van der Waals surface area contributed by atoms with Crippen LogP contribution in [0.3, 0.4) is 0 Å². The minimum atomic E-state index is -4.75. The van der Waals surface area contributed by atoms with Crippen LogP contribution >= 0.6 is 11.3 Å². The Kier molecular flexibility index (Phi) is 3.38. The summed E-state index contributed by atoms with van der Waals surface area (Å²) in [6, 6.07) is 1.48. The van der Waals surface area contributed by atoms with Crippen LogP contribution in [0.25, 0.3) is 0 Å². The molecule has 106 valence electrons. The standard InChI is InChI=1S/C12H15F3N2OS/c1-7-8-4-6-19-9(8)3-5-17(7)10(18)11(2,16)12(13,14)15/h4,6-7H,3,5,16H2,1-2H3. The molecule has 0 bridgehead atoms. The summed E-state index contributed by atoms with van der Waals surface area (Å²) in [7, 11) is 0. The lowest BCUT2D eigenvalue weighted by atomic mass is 9.95. The maximum Gasteiger partial charge on any atom is 0.415 e. The first-order chi connectivity index (χ1) is 8.66. The normalized spacial score (nSPS) is 22.8. The van der Waals surface area contributed by atoms with Gasteiger partial charge in [0.25, 0.3) is 5.91 Å². The number of hydrogen-bond donors (Lipinski definition) is 1. The Labute approximate surface area is 113 Å². The van der Waals surface area contributed by atoms with Crippen molar-refractivity contribution in [2.24, 2.45) is 5.73 Å². The van der Waals surface area contributed by atoms with E-state index in [1.165, 1.54) is 4.90 Å². The number of hydrogen-bond acceptors (Lipinski definition) is 3. The Morgan fingerprint density at radius 1 is 1.53 bits per heavy atom. The van der Waals surface area contributed by atoms with Crippen LogP contribution in [0.2, 0.25) is 0 Å². The van der Waals surface area contributed by atoms with Gasteiger partial charge in [-0.05, 0) is 37.3 Å². The molecule has 1 aliphatic heterocycles. The molecule has 2 rings (SSSR count). The van der Waals surface area contributed by atoms with Gasteiger partial charge in [0.05, 0.1) is 6.04 Å². The zero-order valence-corrected chi connectivity index (χ0v) is 11.4. The van der Waals surface area contributed by atoms with Gasteiger partial charge in [0, 0.05) is 11.4 Å². The molecule has 0 fully saturated rings. The first-order valence-corrected chi connectivity index (χ1v) is 6.77. The highest BCUT2D eigenvalue weighted by molar-refractivity contribution is 7.10. The lowest BCUT2D eigenvalue weighted by Crippen LogP contribution is -2.63. The SMILES string of the molecule is CC1c2ccsc2CCN1C(=O)C(C)(N)C(F)(F)F. The maximum absolute atomic E-state index is 12.8. The summed E-state index contributed by atoms with van der Waals surface area (Å²) in [5, 5.41) is 1.89. The second-order valence-electron chi connectivity index (χ2n) is 4.92. The predicted molar refractivity (Wildman–Crippen MR) is 66.8 cm³/mol. The summed E-state index contributed by atoms with van der Waals surface area (Å²) in [6.45, 7) is 2.73. The molecule has 0 radical (unpaired) electrons. The molecule has 1 aromatic rings. The summed E-state index contributed by atoms with van der Waals surface area (Å²) >= 11 is 1.56. The lowest BCUT2D eigenvalue weighted by Gasteiger charge is -2.39. The van der Waals surface area contributed by atoms with Gasteiger partial charge in [0.15, 0.2) is 5.54 Å². The number of amides is 1. The van der Waals surface area contributed by atoms with Crippen molar-refractivity contribution < 1.29 is 18.0 Å². The molecule has 0 spiro atoms. The van der Waals surface area contributed by atoms with Crippen molar-refractivity contribution in [3.63, 3.8) is 0 Å². The minimum Gasteiger partial charge on any atom is -0.334 e. The first kappa shape index (κ1) is 14.3. The summed E-state index contributed by atoms with van der Waals surface area (Å²) < 4.78 is 38.5. The number of fused-ring (bicyclic) bond motifs is 1. The van der Waals surface area contributed by atoms with Gasteiger partial charge in [-0.1, -0.05) is 0 Å². The Hall–Kier alpha value is -1.08. The molecule has 2 heterocycles. The fraction of sp³-hybridized carbons (Fsp3) is 0.583.